The van der Waals surface area contributed by atoms with Gasteiger partial charge in [-0.2, -0.15) is 0 Å². The molecule has 6 rings (SSSR count). The van der Waals surface area contributed by atoms with E-state index < -0.39 is 63.9 Å². The summed E-state index contributed by atoms with van der Waals surface area (Å²) in [6.07, 6.45) is 3.53. The highest BCUT2D eigenvalue weighted by molar-refractivity contribution is 6.05. The van der Waals surface area contributed by atoms with Crippen molar-refractivity contribution in [3.05, 3.63) is 23.3 Å². The van der Waals surface area contributed by atoms with Crippen molar-refractivity contribution >= 4 is 17.5 Å². The van der Waals surface area contributed by atoms with Crippen LogP contribution in [0.4, 0.5) is 0 Å². The number of aliphatic hydroxyl groups is 4. The second-order valence-electron chi connectivity index (χ2n) is 12.7. The maximum absolute atomic E-state index is 14.2. The van der Waals surface area contributed by atoms with Crippen molar-refractivity contribution in [1.82, 2.24) is 0 Å². The second kappa shape index (κ2) is 6.95. The van der Waals surface area contributed by atoms with Gasteiger partial charge in [-0.15, -0.1) is 0 Å². The lowest BCUT2D eigenvalue weighted by Crippen LogP contribution is -2.81. The Hall–Kier alpha value is -1.87. The Balaban J connectivity index is 1.62. The number of aliphatic hydroxyl groups excluding tert-OH is 2. The number of Topliss-reactive ketones (excluding diaryl/α,β-unsaturated/α-hetero) is 1. The van der Waals surface area contributed by atoms with E-state index in [0.717, 1.165) is 0 Å². The summed E-state index contributed by atoms with van der Waals surface area (Å²) < 4.78 is 5.91. The van der Waals surface area contributed by atoms with Crippen LogP contribution >= 0.6 is 0 Å². The Bertz CT molecular complexity index is 1160. The van der Waals surface area contributed by atoms with E-state index in [1.807, 2.05) is 6.92 Å². The number of carbonyl (C=O) groups is 3. The smallest absolute Gasteiger partial charge is 0.335 e. The van der Waals surface area contributed by atoms with Crippen molar-refractivity contribution in [2.45, 2.75) is 82.7 Å². The maximum atomic E-state index is 14.2. The van der Waals surface area contributed by atoms with Gasteiger partial charge in [-0.05, 0) is 88.2 Å². The van der Waals surface area contributed by atoms with Gasteiger partial charge in [0.1, 0.15) is 11.2 Å². The summed E-state index contributed by atoms with van der Waals surface area (Å²) in [5.41, 5.74) is -7.18. The monoisotopic (exact) mass is 500 g/mol. The van der Waals surface area contributed by atoms with Gasteiger partial charge in [0.15, 0.2) is 11.6 Å². The van der Waals surface area contributed by atoms with E-state index in [2.05, 4.69) is 0 Å². The predicted octanol–water partition coefficient (Wildman–Crippen LogP) is 1.24. The number of hydrogen-bond acceptors (Lipinski definition) is 8. The largest absolute Gasteiger partial charge is 0.440 e. The van der Waals surface area contributed by atoms with Crippen LogP contribution in [0.1, 0.15) is 59.8 Å². The lowest BCUT2D eigenvalue weighted by molar-refractivity contribution is -0.304. The van der Waals surface area contributed by atoms with E-state index in [9.17, 15) is 34.8 Å². The number of carbonyl (C=O) groups excluding carboxylic acids is 3. The molecule has 0 bridgehead atoms. The first kappa shape index (κ1) is 24.5. The Morgan fingerprint density at radius 3 is 2.33 bits per heavy atom. The SMILES string of the molecule is CC1=C(C)C2(OC1=O)C(=O)C(CO)C1CCC3C4CC(O)C5(O)CC=CC(=O)C5(C)C4CC2(O)C13C. The lowest BCUT2D eigenvalue weighted by atomic mass is 9.35. The molecule has 1 spiro atoms. The molecule has 4 fully saturated rings. The quantitative estimate of drug-likeness (QED) is 0.394. The highest BCUT2D eigenvalue weighted by Crippen LogP contribution is 2.75. The molecule has 36 heavy (non-hydrogen) atoms. The van der Waals surface area contributed by atoms with Crippen LogP contribution in [0.3, 0.4) is 0 Å². The molecule has 1 heterocycles. The van der Waals surface area contributed by atoms with Crippen molar-refractivity contribution in [2.24, 2.45) is 40.4 Å². The molecule has 8 heteroatoms. The fraction of sp³-hybridized carbons (Fsp3) is 0.750. The fourth-order valence-corrected chi connectivity index (χ4v) is 10.2. The van der Waals surface area contributed by atoms with Crippen LogP contribution in [-0.2, 0) is 19.1 Å². The van der Waals surface area contributed by atoms with Crippen LogP contribution in [0.5, 0.6) is 0 Å². The summed E-state index contributed by atoms with van der Waals surface area (Å²) in [5.74, 6) is -3.53. The first-order valence-corrected chi connectivity index (χ1v) is 13.2. The molecule has 1 aliphatic heterocycles. The van der Waals surface area contributed by atoms with Gasteiger partial charge < -0.3 is 25.2 Å². The normalized spacial score (nSPS) is 55.5. The van der Waals surface area contributed by atoms with Gasteiger partial charge in [-0.25, -0.2) is 4.79 Å². The zero-order valence-corrected chi connectivity index (χ0v) is 21.3. The van der Waals surface area contributed by atoms with Crippen molar-refractivity contribution < 1.29 is 39.5 Å². The molecule has 5 aliphatic carbocycles. The van der Waals surface area contributed by atoms with E-state index in [4.69, 9.17) is 4.74 Å². The second-order valence-corrected chi connectivity index (χ2v) is 12.7. The summed E-state index contributed by atoms with van der Waals surface area (Å²) in [6, 6.07) is 0. The molecule has 6 aliphatic rings. The minimum Gasteiger partial charge on any atom is -0.440 e. The maximum Gasteiger partial charge on any atom is 0.335 e. The topological polar surface area (TPSA) is 141 Å². The number of rotatable bonds is 1. The summed E-state index contributed by atoms with van der Waals surface area (Å²) in [4.78, 5) is 40.6. The highest BCUT2D eigenvalue weighted by atomic mass is 16.6. The minimum absolute atomic E-state index is 0.0337. The third kappa shape index (κ3) is 2.19. The first-order valence-electron chi connectivity index (χ1n) is 13.2. The van der Waals surface area contributed by atoms with Crippen molar-refractivity contribution in [1.29, 1.82) is 0 Å². The van der Waals surface area contributed by atoms with Gasteiger partial charge in [-0.1, -0.05) is 13.0 Å². The molecule has 4 N–H and O–H groups in total. The number of esters is 1. The molecule has 196 valence electrons. The van der Waals surface area contributed by atoms with Gasteiger partial charge in [0, 0.05) is 16.9 Å². The van der Waals surface area contributed by atoms with Gasteiger partial charge in [0.25, 0.3) is 0 Å². The molecular formula is C28H36O8. The van der Waals surface area contributed by atoms with Crippen LogP contribution in [0.25, 0.3) is 0 Å². The molecule has 0 aromatic rings. The molecule has 11 unspecified atom stereocenters. The van der Waals surface area contributed by atoms with E-state index in [0.29, 0.717) is 18.4 Å². The predicted molar refractivity (Wildman–Crippen MR) is 126 cm³/mol. The molecular weight excluding hydrogens is 464 g/mol. The Morgan fingerprint density at radius 2 is 1.72 bits per heavy atom. The lowest BCUT2D eigenvalue weighted by Gasteiger charge is -2.70. The zero-order chi connectivity index (χ0) is 26.2. The molecule has 0 amide bonds. The van der Waals surface area contributed by atoms with E-state index in [1.165, 1.54) is 6.08 Å². The Morgan fingerprint density at radius 1 is 1.06 bits per heavy atom. The third-order valence-electron chi connectivity index (χ3n) is 12.3. The van der Waals surface area contributed by atoms with Gasteiger partial charge in [0.2, 0.25) is 5.60 Å². The summed E-state index contributed by atoms with van der Waals surface area (Å²) in [7, 11) is 0. The molecule has 8 nitrogen and oxygen atoms in total. The van der Waals surface area contributed by atoms with Gasteiger partial charge in [-0.3, -0.25) is 9.59 Å². The van der Waals surface area contributed by atoms with Crippen molar-refractivity contribution in [3.63, 3.8) is 0 Å². The zero-order valence-electron chi connectivity index (χ0n) is 21.3. The van der Waals surface area contributed by atoms with Crippen molar-refractivity contribution in [2.75, 3.05) is 6.61 Å². The van der Waals surface area contributed by atoms with Crippen molar-refractivity contribution in [3.8, 4) is 0 Å². The molecule has 0 aromatic carbocycles. The third-order valence-corrected chi connectivity index (χ3v) is 12.3. The molecule has 0 aromatic heterocycles. The Labute approximate surface area is 210 Å². The highest BCUT2D eigenvalue weighted by Gasteiger charge is 2.83. The average Bonchev–Trinajstić information content (AvgIpc) is 3.29. The number of allylic oxidation sites excluding steroid dienone is 1. The standard InChI is InChI=1S/C28H36O8/c1-13-14(2)28(36-23(13)33)22(32)16(12-29)18-8-7-17-15-10-21(31)26(34)9-5-6-20(30)25(26,4)19(15)11-27(28,35)24(17,18)3/h5-6,15-19,21,29,31,34-35H,7-12H2,1-4H3. The van der Waals surface area contributed by atoms with Gasteiger partial charge >= 0.3 is 5.97 Å². The van der Waals surface area contributed by atoms with Gasteiger partial charge in [0.05, 0.1) is 18.1 Å². The number of ether oxygens (including phenoxy) is 1. The summed E-state index contributed by atoms with van der Waals surface area (Å²) in [5, 5.41) is 46.4. The molecule has 0 saturated heterocycles. The van der Waals surface area contributed by atoms with Crippen LogP contribution in [-0.4, -0.2) is 67.5 Å². The van der Waals surface area contributed by atoms with E-state index in [1.54, 1.807) is 26.8 Å². The van der Waals surface area contributed by atoms with Crippen LogP contribution in [0, 0.1) is 40.4 Å². The van der Waals surface area contributed by atoms with E-state index >= 15 is 0 Å². The minimum atomic E-state index is -1.96. The van der Waals surface area contributed by atoms with Crippen LogP contribution < -0.4 is 0 Å². The number of ketones is 2. The number of hydrogen-bond donors (Lipinski definition) is 4. The molecule has 11 atom stereocenters. The number of fused-ring (bicyclic) bond motifs is 5. The first-order chi connectivity index (χ1) is 16.8. The fourth-order valence-electron chi connectivity index (χ4n) is 10.2. The average molecular weight is 501 g/mol. The van der Waals surface area contributed by atoms with Crippen LogP contribution in [0.2, 0.25) is 0 Å². The van der Waals surface area contributed by atoms with E-state index in [-0.39, 0.29) is 48.4 Å². The summed E-state index contributed by atoms with van der Waals surface area (Å²) in [6.45, 7) is 6.43. The molecule has 0 radical (unpaired) electrons. The summed E-state index contributed by atoms with van der Waals surface area (Å²) >= 11 is 0. The van der Waals surface area contributed by atoms with Crippen LogP contribution in [0.15, 0.2) is 23.3 Å². The molecule has 4 saturated carbocycles. The Kier molecular flexibility index (Phi) is 4.73.